The van der Waals surface area contributed by atoms with Gasteiger partial charge in [-0.2, -0.15) is 0 Å². The molecular formula is C21H27N3O2. The molecule has 1 saturated heterocycles. The molecule has 4 unspecified atom stereocenters. The van der Waals surface area contributed by atoms with Gasteiger partial charge >= 0.3 is 0 Å². The Bertz CT molecular complexity index is 812. The minimum atomic E-state index is 0.0624. The summed E-state index contributed by atoms with van der Waals surface area (Å²) < 4.78 is 0. The van der Waals surface area contributed by atoms with E-state index >= 15 is 0 Å². The number of carbonyl (C=O) groups excluding carboxylic acids is 2. The minimum absolute atomic E-state index is 0.0624. The lowest BCUT2D eigenvalue weighted by molar-refractivity contribution is -0.127. The van der Waals surface area contributed by atoms with Crippen molar-refractivity contribution in [3.63, 3.8) is 0 Å². The largest absolute Gasteiger partial charge is 0.361 e. The normalized spacial score (nSPS) is 28.4. The smallest absolute Gasteiger partial charge is 0.224 e. The Morgan fingerprint density at radius 1 is 1.27 bits per heavy atom. The molecule has 5 heteroatoms. The molecule has 1 aliphatic carbocycles. The Morgan fingerprint density at radius 2 is 2.12 bits per heavy atom. The van der Waals surface area contributed by atoms with Crippen LogP contribution in [0.4, 0.5) is 0 Å². The monoisotopic (exact) mass is 353 g/mol. The summed E-state index contributed by atoms with van der Waals surface area (Å²) in [7, 11) is 0. The number of H-pyrrole nitrogens is 1. The Kier molecular flexibility index (Phi) is 4.70. The van der Waals surface area contributed by atoms with Gasteiger partial charge in [-0.05, 0) is 42.7 Å². The van der Waals surface area contributed by atoms with Crippen LogP contribution < -0.4 is 10.6 Å². The summed E-state index contributed by atoms with van der Waals surface area (Å²) in [5.74, 6) is 1.30. The van der Waals surface area contributed by atoms with Crippen molar-refractivity contribution in [3.05, 3.63) is 36.0 Å². The van der Waals surface area contributed by atoms with Crippen molar-refractivity contribution >= 4 is 22.7 Å². The van der Waals surface area contributed by atoms with Crippen molar-refractivity contribution in [3.8, 4) is 0 Å². The molecule has 1 aliphatic heterocycles. The zero-order valence-corrected chi connectivity index (χ0v) is 15.3. The standard InChI is InChI=1S/C21H27N3O2/c1-2-13-9-21(26)24-19-11-15(7-8-17(13)19)23-20(25)10-14-12-22-18-6-4-3-5-16(14)18/h3-6,12-13,15,17,19,22H,2,7-11H2,1H3,(H,23,25)(H,24,26). The van der Waals surface area contributed by atoms with Crippen molar-refractivity contribution in [2.24, 2.45) is 11.8 Å². The molecule has 4 atom stereocenters. The molecule has 2 amide bonds. The summed E-state index contributed by atoms with van der Waals surface area (Å²) in [6.45, 7) is 2.18. The van der Waals surface area contributed by atoms with Crippen LogP contribution in [0.1, 0.15) is 44.6 Å². The minimum Gasteiger partial charge on any atom is -0.361 e. The first kappa shape index (κ1) is 17.1. The summed E-state index contributed by atoms with van der Waals surface area (Å²) in [5.41, 5.74) is 2.09. The zero-order chi connectivity index (χ0) is 18.1. The third-order valence-corrected chi connectivity index (χ3v) is 6.22. The number of amides is 2. The van der Waals surface area contributed by atoms with Gasteiger partial charge in [0, 0.05) is 35.6 Å². The molecule has 138 valence electrons. The quantitative estimate of drug-likeness (QED) is 0.791. The molecule has 0 bridgehead atoms. The fraction of sp³-hybridized carbons (Fsp3) is 0.524. The first-order valence-electron chi connectivity index (χ1n) is 9.77. The number of piperidine rings is 1. The maximum absolute atomic E-state index is 12.6. The lowest BCUT2D eigenvalue weighted by Crippen LogP contribution is -2.55. The predicted molar refractivity (Wildman–Crippen MR) is 102 cm³/mol. The molecule has 2 aliphatic rings. The molecule has 5 nitrogen and oxygen atoms in total. The number of carbonyl (C=O) groups is 2. The molecular weight excluding hydrogens is 326 g/mol. The number of benzene rings is 1. The third kappa shape index (κ3) is 3.35. The molecule has 1 aromatic heterocycles. The van der Waals surface area contributed by atoms with E-state index in [0.717, 1.165) is 42.1 Å². The second kappa shape index (κ2) is 7.14. The van der Waals surface area contributed by atoms with Crippen LogP contribution >= 0.6 is 0 Å². The van der Waals surface area contributed by atoms with Gasteiger partial charge in [0.25, 0.3) is 0 Å². The Labute approximate surface area is 153 Å². The highest BCUT2D eigenvalue weighted by Crippen LogP contribution is 2.37. The Morgan fingerprint density at radius 3 is 2.96 bits per heavy atom. The fourth-order valence-corrected chi connectivity index (χ4v) is 4.89. The molecule has 1 saturated carbocycles. The van der Waals surface area contributed by atoms with E-state index in [0.29, 0.717) is 24.7 Å². The van der Waals surface area contributed by atoms with Gasteiger partial charge in [0.2, 0.25) is 11.8 Å². The zero-order valence-electron chi connectivity index (χ0n) is 15.3. The lowest BCUT2D eigenvalue weighted by Gasteiger charge is -2.44. The van der Waals surface area contributed by atoms with E-state index in [1.54, 1.807) is 0 Å². The van der Waals surface area contributed by atoms with Gasteiger partial charge in [0.15, 0.2) is 0 Å². The number of aromatic nitrogens is 1. The van der Waals surface area contributed by atoms with Gasteiger partial charge in [0.05, 0.1) is 6.42 Å². The van der Waals surface area contributed by atoms with Gasteiger partial charge in [-0.3, -0.25) is 9.59 Å². The summed E-state index contributed by atoms with van der Waals surface area (Å²) in [5, 5.41) is 7.47. The van der Waals surface area contributed by atoms with Crippen molar-refractivity contribution in [2.75, 3.05) is 0 Å². The maximum Gasteiger partial charge on any atom is 0.224 e. The number of rotatable bonds is 4. The van der Waals surface area contributed by atoms with E-state index in [4.69, 9.17) is 0 Å². The van der Waals surface area contributed by atoms with E-state index in [2.05, 4.69) is 22.5 Å². The predicted octanol–water partition coefficient (Wildman–Crippen LogP) is 2.91. The molecule has 3 N–H and O–H groups in total. The van der Waals surface area contributed by atoms with Crippen LogP contribution in [-0.4, -0.2) is 28.9 Å². The van der Waals surface area contributed by atoms with Gasteiger partial charge in [0.1, 0.15) is 0 Å². The molecule has 1 aromatic carbocycles. The SMILES string of the molecule is CCC1CC(=O)NC2CC(NC(=O)Cc3c[nH]c4ccccc34)CCC12. The van der Waals surface area contributed by atoms with E-state index in [-0.39, 0.29) is 23.9 Å². The third-order valence-electron chi connectivity index (χ3n) is 6.22. The molecule has 2 fully saturated rings. The summed E-state index contributed by atoms with van der Waals surface area (Å²) >= 11 is 0. The summed E-state index contributed by atoms with van der Waals surface area (Å²) in [6, 6.07) is 8.42. The molecule has 26 heavy (non-hydrogen) atoms. The van der Waals surface area contributed by atoms with Gasteiger partial charge in [-0.25, -0.2) is 0 Å². The highest BCUT2D eigenvalue weighted by Gasteiger charge is 2.40. The molecule has 2 heterocycles. The Hall–Kier alpha value is -2.30. The van der Waals surface area contributed by atoms with Crippen molar-refractivity contribution in [1.82, 2.24) is 15.6 Å². The van der Waals surface area contributed by atoms with Crippen LogP contribution in [0.15, 0.2) is 30.5 Å². The molecule has 0 spiro atoms. The van der Waals surface area contributed by atoms with Crippen LogP contribution in [0, 0.1) is 11.8 Å². The second-order valence-electron chi connectivity index (χ2n) is 7.82. The summed E-state index contributed by atoms with van der Waals surface area (Å²) in [6.07, 6.45) is 6.98. The average Bonchev–Trinajstić information content (AvgIpc) is 3.03. The van der Waals surface area contributed by atoms with Crippen LogP contribution in [0.25, 0.3) is 10.9 Å². The second-order valence-corrected chi connectivity index (χ2v) is 7.82. The van der Waals surface area contributed by atoms with E-state index in [1.165, 1.54) is 0 Å². The first-order valence-corrected chi connectivity index (χ1v) is 9.77. The number of fused-ring (bicyclic) bond motifs is 2. The number of hydrogen-bond acceptors (Lipinski definition) is 2. The Balaban J connectivity index is 1.37. The van der Waals surface area contributed by atoms with Gasteiger partial charge in [-0.1, -0.05) is 31.5 Å². The van der Waals surface area contributed by atoms with E-state index in [9.17, 15) is 9.59 Å². The van der Waals surface area contributed by atoms with Crippen molar-refractivity contribution < 1.29 is 9.59 Å². The molecule has 0 radical (unpaired) electrons. The van der Waals surface area contributed by atoms with Crippen molar-refractivity contribution in [1.29, 1.82) is 0 Å². The topological polar surface area (TPSA) is 74.0 Å². The fourth-order valence-electron chi connectivity index (χ4n) is 4.89. The van der Waals surface area contributed by atoms with Crippen LogP contribution in [0.2, 0.25) is 0 Å². The van der Waals surface area contributed by atoms with Crippen LogP contribution in [-0.2, 0) is 16.0 Å². The number of nitrogens with one attached hydrogen (secondary N) is 3. The van der Waals surface area contributed by atoms with Crippen molar-refractivity contribution in [2.45, 2.75) is 57.5 Å². The van der Waals surface area contributed by atoms with Crippen LogP contribution in [0.5, 0.6) is 0 Å². The number of aromatic amines is 1. The summed E-state index contributed by atoms with van der Waals surface area (Å²) in [4.78, 5) is 27.7. The first-order chi connectivity index (χ1) is 12.6. The number of para-hydroxylation sites is 1. The highest BCUT2D eigenvalue weighted by atomic mass is 16.2. The lowest BCUT2D eigenvalue weighted by atomic mass is 9.70. The van der Waals surface area contributed by atoms with Gasteiger partial charge in [-0.15, -0.1) is 0 Å². The molecule has 4 rings (SSSR count). The highest BCUT2D eigenvalue weighted by molar-refractivity contribution is 5.89. The van der Waals surface area contributed by atoms with E-state index < -0.39 is 0 Å². The van der Waals surface area contributed by atoms with Crippen LogP contribution in [0.3, 0.4) is 0 Å². The van der Waals surface area contributed by atoms with E-state index in [1.807, 2.05) is 30.5 Å². The average molecular weight is 353 g/mol. The molecule has 2 aromatic rings. The van der Waals surface area contributed by atoms with Gasteiger partial charge < -0.3 is 15.6 Å². The maximum atomic E-state index is 12.6. The number of hydrogen-bond donors (Lipinski definition) is 3.